The predicted molar refractivity (Wildman–Crippen MR) is 141 cm³/mol. The van der Waals surface area contributed by atoms with Crippen molar-refractivity contribution in [3.8, 4) is 0 Å². The number of alkyl halides is 1. The van der Waals surface area contributed by atoms with Crippen molar-refractivity contribution in [3.63, 3.8) is 0 Å². The summed E-state index contributed by atoms with van der Waals surface area (Å²) in [4.78, 5) is 34.2. The molecule has 2 aliphatic rings. The maximum absolute atomic E-state index is 16.4. The number of nitrogens with zero attached hydrogens (tertiary/aromatic N) is 4. The van der Waals surface area contributed by atoms with E-state index in [1.165, 1.54) is 12.3 Å². The fourth-order valence-electron chi connectivity index (χ4n) is 5.16. The van der Waals surface area contributed by atoms with Crippen molar-refractivity contribution in [3.05, 3.63) is 106 Å². The summed E-state index contributed by atoms with van der Waals surface area (Å²) in [5.74, 6) is -1.06. The minimum atomic E-state index is -2.14. The van der Waals surface area contributed by atoms with Crippen LogP contribution in [0.1, 0.15) is 46.3 Å². The van der Waals surface area contributed by atoms with Crippen LogP contribution < -0.4 is 10.6 Å². The van der Waals surface area contributed by atoms with Gasteiger partial charge in [-0.25, -0.2) is 4.39 Å². The average Bonchev–Trinajstić information content (AvgIpc) is 3.14. The van der Waals surface area contributed by atoms with Gasteiger partial charge < -0.3 is 20.1 Å². The van der Waals surface area contributed by atoms with Crippen LogP contribution in [-0.4, -0.2) is 40.4 Å². The first kappa shape index (κ1) is 24.6. The third kappa shape index (κ3) is 4.49. The van der Waals surface area contributed by atoms with Gasteiger partial charge in [0.05, 0.1) is 17.8 Å². The third-order valence-electron chi connectivity index (χ3n) is 7.02. The molecule has 7 nitrogen and oxygen atoms in total. The molecule has 1 aliphatic carbocycles. The van der Waals surface area contributed by atoms with E-state index in [0.717, 1.165) is 29.2 Å². The average molecular weight is 500 g/mol. The number of primary amides is 1. The van der Waals surface area contributed by atoms with Crippen molar-refractivity contribution < 1.29 is 14.0 Å². The normalized spacial score (nSPS) is 19.0. The van der Waals surface area contributed by atoms with E-state index in [1.807, 2.05) is 44.4 Å². The lowest BCUT2D eigenvalue weighted by molar-refractivity contribution is -0.114. The molecule has 0 spiro atoms. The number of amides is 2. The van der Waals surface area contributed by atoms with E-state index in [-0.39, 0.29) is 29.2 Å². The zero-order chi connectivity index (χ0) is 26.3. The molecule has 0 saturated carbocycles. The smallest absolute Gasteiger partial charge is 0.260 e. The highest BCUT2D eigenvalue weighted by Crippen LogP contribution is 2.40. The summed E-state index contributed by atoms with van der Waals surface area (Å²) < 4.78 is 18.7. The Morgan fingerprint density at radius 3 is 2.65 bits per heavy atom. The van der Waals surface area contributed by atoms with Crippen LogP contribution in [0.4, 0.5) is 10.1 Å². The van der Waals surface area contributed by atoms with Gasteiger partial charge in [-0.2, -0.15) is 0 Å². The Morgan fingerprint density at radius 1 is 1.11 bits per heavy atom. The van der Waals surface area contributed by atoms with Crippen LogP contribution in [-0.2, 0) is 30.1 Å². The number of para-hydroxylation sites is 1. The van der Waals surface area contributed by atoms with Crippen molar-refractivity contribution >= 4 is 17.5 Å². The summed E-state index contributed by atoms with van der Waals surface area (Å²) in [6.45, 7) is 3.45. The van der Waals surface area contributed by atoms with E-state index in [1.54, 1.807) is 30.0 Å². The van der Waals surface area contributed by atoms with Gasteiger partial charge in [-0.3, -0.25) is 14.6 Å². The number of halogens is 1. The number of carbonyl (C=O) groups excluding carboxylic acids is 2. The SMILES string of the molecule is CC1=CCC(F)(c2ncccc2C(=O)N2Cc3ccc(CN(C)C)n3Cc3ccccc32)C=C1C(N)=O. The van der Waals surface area contributed by atoms with Crippen LogP contribution in [0.25, 0.3) is 0 Å². The molecule has 0 bridgehead atoms. The van der Waals surface area contributed by atoms with Crippen molar-refractivity contribution in [2.24, 2.45) is 5.73 Å². The third-order valence-corrected chi connectivity index (χ3v) is 7.02. The van der Waals surface area contributed by atoms with E-state index in [9.17, 15) is 9.59 Å². The Bertz CT molecular complexity index is 1450. The van der Waals surface area contributed by atoms with Gasteiger partial charge in [0.25, 0.3) is 5.91 Å². The zero-order valence-electron chi connectivity index (χ0n) is 21.2. The lowest BCUT2D eigenvalue weighted by Crippen LogP contribution is -2.34. The Labute approximate surface area is 215 Å². The molecule has 2 N–H and O–H groups in total. The minimum absolute atomic E-state index is 0.0205. The minimum Gasteiger partial charge on any atom is -0.366 e. The van der Waals surface area contributed by atoms with Crippen molar-refractivity contribution in [2.75, 3.05) is 19.0 Å². The van der Waals surface area contributed by atoms with Gasteiger partial charge in [-0.15, -0.1) is 0 Å². The van der Waals surface area contributed by atoms with E-state index in [2.05, 4.69) is 20.5 Å². The second-order valence-corrected chi connectivity index (χ2v) is 9.94. The molecular weight excluding hydrogens is 469 g/mol. The van der Waals surface area contributed by atoms with Gasteiger partial charge in [0.15, 0.2) is 5.67 Å². The predicted octanol–water partition coefficient (Wildman–Crippen LogP) is 4.08. The van der Waals surface area contributed by atoms with E-state index in [4.69, 9.17) is 5.73 Å². The lowest BCUT2D eigenvalue weighted by atomic mass is 9.84. The lowest BCUT2D eigenvalue weighted by Gasteiger charge is -2.29. The molecule has 3 heterocycles. The number of allylic oxidation sites excluding steroid dienone is 2. The largest absolute Gasteiger partial charge is 0.366 e. The van der Waals surface area contributed by atoms with Gasteiger partial charge in [-0.05, 0) is 68.6 Å². The first-order chi connectivity index (χ1) is 17.7. The number of benzene rings is 1. The van der Waals surface area contributed by atoms with Crippen LogP contribution in [0.2, 0.25) is 0 Å². The van der Waals surface area contributed by atoms with Gasteiger partial charge >= 0.3 is 0 Å². The number of pyridine rings is 1. The summed E-state index contributed by atoms with van der Waals surface area (Å²) in [6, 6.07) is 15.2. The number of hydrogen-bond donors (Lipinski definition) is 1. The molecule has 2 amide bonds. The number of aromatic nitrogens is 2. The highest BCUT2D eigenvalue weighted by Gasteiger charge is 2.39. The Kier molecular flexibility index (Phi) is 6.29. The highest BCUT2D eigenvalue weighted by atomic mass is 19.1. The Hall–Kier alpha value is -4.04. The van der Waals surface area contributed by atoms with Crippen molar-refractivity contribution in [1.29, 1.82) is 0 Å². The molecule has 190 valence electrons. The fourth-order valence-corrected chi connectivity index (χ4v) is 5.16. The number of anilines is 1. The van der Waals surface area contributed by atoms with Crippen molar-refractivity contribution in [2.45, 2.75) is 38.6 Å². The molecule has 2 aromatic heterocycles. The maximum atomic E-state index is 16.4. The Morgan fingerprint density at radius 2 is 1.89 bits per heavy atom. The molecule has 1 aromatic carbocycles. The molecule has 37 heavy (non-hydrogen) atoms. The van der Waals surface area contributed by atoms with Crippen LogP contribution in [0, 0.1) is 0 Å². The molecule has 8 heteroatoms. The molecule has 5 rings (SSSR count). The number of nitrogens with two attached hydrogens (primary N) is 1. The van der Waals surface area contributed by atoms with E-state index >= 15 is 4.39 Å². The molecule has 1 unspecified atom stereocenters. The standard InChI is InChI=1S/C29H30FN5O2/c1-19-12-13-29(30,15-24(19)27(31)36)26-23(8-6-14-32-26)28(37)35-18-22-11-10-21(17-33(2)3)34(22)16-20-7-4-5-9-25(20)35/h4-12,14-15H,13,16-18H2,1-3H3,(H2,31,36). The first-order valence-electron chi connectivity index (χ1n) is 12.2. The number of carbonyl (C=O) groups is 2. The van der Waals surface area contributed by atoms with Gasteiger partial charge in [0.2, 0.25) is 5.91 Å². The highest BCUT2D eigenvalue weighted by molar-refractivity contribution is 6.07. The van der Waals surface area contributed by atoms with Crippen molar-refractivity contribution in [1.82, 2.24) is 14.5 Å². The molecule has 1 aliphatic heterocycles. The number of hydrogen-bond acceptors (Lipinski definition) is 4. The van der Waals surface area contributed by atoms with Crippen LogP contribution in [0.15, 0.2) is 78.0 Å². The fraction of sp³-hybridized carbons (Fsp3) is 0.276. The topological polar surface area (TPSA) is 84.5 Å². The second kappa shape index (κ2) is 9.44. The number of rotatable bonds is 5. The van der Waals surface area contributed by atoms with Crippen LogP contribution in [0.5, 0.6) is 0 Å². The van der Waals surface area contributed by atoms with Crippen LogP contribution >= 0.6 is 0 Å². The maximum Gasteiger partial charge on any atom is 0.260 e. The summed E-state index contributed by atoms with van der Waals surface area (Å²) in [5, 5.41) is 0. The molecular formula is C29H30FN5O2. The summed E-state index contributed by atoms with van der Waals surface area (Å²) >= 11 is 0. The number of fused-ring (bicyclic) bond motifs is 2. The molecule has 1 atom stereocenters. The van der Waals surface area contributed by atoms with Crippen LogP contribution in [0.3, 0.4) is 0 Å². The van der Waals surface area contributed by atoms with E-state index in [0.29, 0.717) is 18.7 Å². The molecule has 0 radical (unpaired) electrons. The quantitative estimate of drug-likeness (QED) is 0.573. The Balaban J connectivity index is 1.59. The van der Waals surface area contributed by atoms with E-state index < -0.39 is 11.6 Å². The van der Waals surface area contributed by atoms with Gasteiger partial charge in [0, 0.05) is 48.4 Å². The second-order valence-electron chi connectivity index (χ2n) is 9.94. The first-order valence-corrected chi connectivity index (χ1v) is 12.2. The summed E-state index contributed by atoms with van der Waals surface area (Å²) in [5.41, 5.74) is 8.14. The monoisotopic (exact) mass is 499 g/mol. The molecule has 0 saturated heterocycles. The summed E-state index contributed by atoms with van der Waals surface area (Å²) in [7, 11) is 4.05. The van der Waals surface area contributed by atoms with Gasteiger partial charge in [-0.1, -0.05) is 24.3 Å². The zero-order valence-corrected chi connectivity index (χ0v) is 21.2. The van der Waals surface area contributed by atoms with Gasteiger partial charge in [0.1, 0.15) is 0 Å². The molecule has 3 aromatic rings. The molecule has 0 fully saturated rings. The summed E-state index contributed by atoms with van der Waals surface area (Å²) in [6.07, 6.45) is 4.26.